The molecule has 0 radical (unpaired) electrons. The van der Waals surface area contributed by atoms with Gasteiger partial charge in [0, 0.05) is 56.1 Å². The lowest BCUT2D eigenvalue weighted by Crippen LogP contribution is -2.50. The highest BCUT2D eigenvalue weighted by Gasteiger charge is 2.26. The molecule has 186 valence electrons. The number of methoxy groups -OCH3 is 2. The summed E-state index contributed by atoms with van der Waals surface area (Å²) in [5, 5.41) is 0. The zero-order chi connectivity index (χ0) is 25.1. The van der Waals surface area contributed by atoms with Crippen molar-refractivity contribution in [3.05, 3.63) is 89.0 Å². The maximum Gasteiger partial charge on any atom is 0.254 e. The number of nitrogens with zero attached hydrogens (tertiary/aromatic N) is 3. The summed E-state index contributed by atoms with van der Waals surface area (Å²) < 4.78 is 10.6. The van der Waals surface area contributed by atoms with Crippen LogP contribution in [0.2, 0.25) is 0 Å². The second-order valence-corrected chi connectivity index (χ2v) is 9.14. The van der Waals surface area contributed by atoms with Crippen LogP contribution in [-0.2, 0) is 13.0 Å². The van der Waals surface area contributed by atoms with Crippen molar-refractivity contribution in [1.29, 1.82) is 0 Å². The van der Waals surface area contributed by atoms with Gasteiger partial charge >= 0.3 is 0 Å². The van der Waals surface area contributed by atoms with E-state index in [4.69, 9.17) is 9.47 Å². The molecule has 0 unspecified atom stereocenters. The number of piperazine rings is 1. The van der Waals surface area contributed by atoms with Crippen molar-refractivity contribution in [2.24, 2.45) is 0 Å². The van der Waals surface area contributed by atoms with Crippen molar-refractivity contribution in [3.63, 3.8) is 0 Å². The molecular formula is C29H31N3O4. The van der Waals surface area contributed by atoms with E-state index >= 15 is 0 Å². The second kappa shape index (κ2) is 10.3. The topological polar surface area (TPSA) is 62.3 Å². The number of fused-ring (bicyclic) bond motifs is 1. The zero-order valence-electron chi connectivity index (χ0n) is 20.8. The number of benzene rings is 3. The summed E-state index contributed by atoms with van der Waals surface area (Å²) in [6.45, 7) is 3.85. The van der Waals surface area contributed by atoms with E-state index in [-0.39, 0.29) is 11.8 Å². The number of hydrogen-bond acceptors (Lipinski definition) is 5. The lowest BCUT2D eigenvalue weighted by molar-refractivity contribution is 0.0535. The van der Waals surface area contributed by atoms with Crippen LogP contribution >= 0.6 is 0 Å². The fourth-order valence-electron chi connectivity index (χ4n) is 4.98. The smallest absolute Gasteiger partial charge is 0.254 e. The van der Waals surface area contributed by atoms with Crippen molar-refractivity contribution in [2.45, 2.75) is 13.0 Å². The number of amides is 2. The number of hydrogen-bond donors (Lipinski definition) is 0. The fourth-order valence-corrected chi connectivity index (χ4v) is 4.98. The van der Waals surface area contributed by atoms with E-state index in [9.17, 15) is 9.59 Å². The van der Waals surface area contributed by atoms with Crippen molar-refractivity contribution in [3.8, 4) is 11.5 Å². The van der Waals surface area contributed by atoms with Crippen LogP contribution in [0.5, 0.6) is 11.5 Å². The Morgan fingerprint density at radius 3 is 1.89 bits per heavy atom. The van der Waals surface area contributed by atoms with E-state index < -0.39 is 0 Å². The molecule has 0 atom stereocenters. The lowest BCUT2D eigenvalue weighted by atomic mass is 9.99. The Balaban J connectivity index is 1.18. The average Bonchev–Trinajstić information content (AvgIpc) is 2.96. The van der Waals surface area contributed by atoms with Crippen molar-refractivity contribution >= 4 is 17.5 Å². The largest absolute Gasteiger partial charge is 0.493 e. The molecule has 2 aliphatic rings. The van der Waals surface area contributed by atoms with E-state index in [1.165, 1.54) is 11.1 Å². The van der Waals surface area contributed by atoms with Crippen LogP contribution in [0.1, 0.15) is 31.8 Å². The standard InChI is InChI=1S/C29H31N3O4/c1-35-26-12-9-23(19-27(26)36-2)29(34)31-17-15-30(16-18-31)28(33)22-7-10-25(11-8-22)32-14-13-21-5-3-4-6-24(21)20-32/h3-12,19H,13-18,20H2,1-2H3. The molecule has 0 bridgehead atoms. The van der Waals surface area contributed by atoms with Gasteiger partial charge in [-0.15, -0.1) is 0 Å². The summed E-state index contributed by atoms with van der Waals surface area (Å²) in [4.78, 5) is 32.1. The normalized spacial score (nSPS) is 15.3. The van der Waals surface area contributed by atoms with Crippen molar-refractivity contribution < 1.29 is 19.1 Å². The third-order valence-corrected chi connectivity index (χ3v) is 7.09. The third-order valence-electron chi connectivity index (χ3n) is 7.09. The van der Waals surface area contributed by atoms with Gasteiger partial charge in [-0.05, 0) is 60.0 Å². The van der Waals surface area contributed by atoms with Gasteiger partial charge in [0.15, 0.2) is 11.5 Å². The molecule has 7 nitrogen and oxygen atoms in total. The predicted octanol–water partition coefficient (Wildman–Crippen LogP) is 3.86. The molecule has 3 aromatic carbocycles. The number of carbonyl (C=O) groups is 2. The highest BCUT2D eigenvalue weighted by molar-refractivity contribution is 5.96. The Labute approximate surface area is 211 Å². The Morgan fingerprint density at radius 2 is 1.25 bits per heavy atom. The summed E-state index contributed by atoms with van der Waals surface area (Å²) in [6.07, 6.45) is 1.03. The molecule has 3 aromatic rings. The van der Waals surface area contributed by atoms with Crippen LogP contribution in [-0.4, -0.2) is 68.6 Å². The van der Waals surface area contributed by atoms with Gasteiger partial charge in [0.2, 0.25) is 0 Å². The molecule has 7 heteroatoms. The molecule has 2 aliphatic heterocycles. The number of anilines is 1. The van der Waals surface area contributed by atoms with E-state index in [0.29, 0.717) is 48.8 Å². The predicted molar refractivity (Wildman–Crippen MR) is 139 cm³/mol. The van der Waals surface area contributed by atoms with Crippen LogP contribution in [0.4, 0.5) is 5.69 Å². The number of rotatable bonds is 5. The van der Waals surface area contributed by atoms with Crippen LogP contribution in [0, 0.1) is 0 Å². The summed E-state index contributed by atoms with van der Waals surface area (Å²) in [6, 6.07) is 21.7. The Hall–Kier alpha value is -4.00. The molecule has 0 aromatic heterocycles. The second-order valence-electron chi connectivity index (χ2n) is 9.14. The minimum Gasteiger partial charge on any atom is -0.493 e. The Morgan fingerprint density at radius 1 is 0.667 bits per heavy atom. The van der Waals surface area contributed by atoms with E-state index in [1.807, 2.05) is 29.2 Å². The van der Waals surface area contributed by atoms with Crippen LogP contribution in [0.15, 0.2) is 66.7 Å². The van der Waals surface area contributed by atoms with Crippen LogP contribution in [0.3, 0.4) is 0 Å². The van der Waals surface area contributed by atoms with E-state index in [1.54, 1.807) is 37.3 Å². The summed E-state index contributed by atoms with van der Waals surface area (Å²) >= 11 is 0. The van der Waals surface area contributed by atoms with Gasteiger partial charge in [-0.2, -0.15) is 0 Å². The molecule has 0 N–H and O–H groups in total. The molecule has 36 heavy (non-hydrogen) atoms. The van der Waals surface area contributed by atoms with Gasteiger partial charge in [0.05, 0.1) is 14.2 Å². The Kier molecular flexibility index (Phi) is 6.80. The highest BCUT2D eigenvalue weighted by Crippen LogP contribution is 2.28. The van der Waals surface area contributed by atoms with Gasteiger partial charge in [0.25, 0.3) is 11.8 Å². The van der Waals surface area contributed by atoms with Crippen LogP contribution in [0.25, 0.3) is 0 Å². The molecule has 2 amide bonds. The molecule has 1 saturated heterocycles. The van der Waals surface area contributed by atoms with Gasteiger partial charge in [0.1, 0.15) is 0 Å². The molecular weight excluding hydrogens is 454 g/mol. The fraction of sp³-hybridized carbons (Fsp3) is 0.310. The van der Waals surface area contributed by atoms with Crippen molar-refractivity contribution in [2.75, 3.05) is 51.8 Å². The molecule has 1 fully saturated rings. The molecule has 0 spiro atoms. The van der Waals surface area contributed by atoms with Crippen LogP contribution < -0.4 is 14.4 Å². The zero-order valence-corrected chi connectivity index (χ0v) is 20.8. The van der Waals surface area contributed by atoms with Gasteiger partial charge in [-0.1, -0.05) is 24.3 Å². The Bertz CT molecular complexity index is 1250. The first kappa shape index (κ1) is 23.7. The lowest BCUT2D eigenvalue weighted by Gasteiger charge is -2.35. The quantitative estimate of drug-likeness (QED) is 0.549. The number of carbonyl (C=O) groups excluding carboxylic acids is 2. The SMILES string of the molecule is COc1ccc(C(=O)N2CCN(C(=O)c3ccc(N4CCc5ccccc5C4)cc3)CC2)cc1OC. The van der Waals surface area contributed by atoms with E-state index in [2.05, 4.69) is 29.2 Å². The van der Waals surface area contributed by atoms with Gasteiger partial charge in [-0.3, -0.25) is 9.59 Å². The maximum absolute atomic E-state index is 13.1. The maximum atomic E-state index is 13.1. The molecule has 2 heterocycles. The first-order valence-corrected chi connectivity index (χ1v) is 12.3. The van der Waals surface area contributed by atoms with Gasteiger partial charge in [-0.25, -0.2) is 0 Å². The van der Waals surface area contributed by atoms with Gasteiger partial charge < -0.3 is 24.2 Å². The highest BCUT2D eigenvalue weighted by atomic mass is 16.5. The summed E-state index contributed by atoms with van der Waals surface area (Å²) in [7, 11) is 3.12. The minimum atomic E-state index is -0.0736. The van der Waals surface area contributed by atoms with E-state index in [0.717, 1.165) is 25.2 Å². The summed E-state index contributed by atoms with van der Waals surface area (Å²) in [5.74, 6) is 1.04. The average molecular weight is 486 g/mol. The number of ether oxygens (including phenoxy) is 2. The minimum absolute atomic E-state index is 0.00348. The molecule has 0 saturated carbocycles. The molecule has 5 rings (SSSR count). The first-order chi connectivity index (χ1) is 17.6. The monoisotopic (exact) mass is 485 g/mol. The summed E-state index contributed by atoms with van der Waals surface area (Å²) in [5.41, 5.74) is 5.14. The first-order valence-electron chi connectivity index (χ1n) is 12.3. The molecule has 0 aliphatic carbocycles. The van der Waals surface area contributed by atoms with Crippen molar-refractivity contribution in [1.82, 2.24) is 9.80 Å². The third kappa shape index (κ3) is 4.73.